The summed E-state index contributed by atoms with van der Waals surface area (Å²) in [5.41, 5.74) is 2.34. The second-order valence-corrected chi connectivity index (χ2v) is 4.48. The Balaban J connectivity index is 1.81. The minimum absolute atomic E-state index is 0.658. The number of hydrogen-bond acceptors (Lipinski definition) is 4. The molecule has 1 heterocycles. The van der Waals surface area contributed by atoms with Crippen molar-refractivity contribution in [3.8, 4) is 0 Å². The van der Waals surface area contributed by atoms with Crippen LogP contribution in [0.3, 0.4) is 0 Å². The summed E-state index contributed by atoms with van der Waals surface area (Å²) < 4.78 is 0. The number of anilines is 2. The Labute approximate surface area is 114 Å². The van der Waals surface area contributed by atoms with Crippen LogP contribution in [0, 0.1) is 6.92 Å². The van der Waals surface area contributed by atoms with Crippen LogP contribution in [0.25, 0.3) is 0 Å². The van der Waals surface area contributed by atoms with Gasteiger partial charge in [-0.2, -0.15) is 4.98 Å². The number of nitrogens with zero attached hydrogens (tertiary/aromatic N) is 2. The minimum Gasteiger partial charge on any atom is -0.370 e. The lowest BCUT2D eigenvalue weighted by molar-refractivity contribution is 0.857. The molecular formula is C15H20N4. The van der Waals surface area contributed by atoms with Crippen molar-refractivity contribution >= 4 is 11.8 Å². The molecule has 1 aromatic carbocycles. The monoisotopic (exact) mass is 256 g/mol. The third kappa shape index (κ3) is 4.25. The van der Waals surface area contributed by atoms with E-state index in [1.54, 1.807) is 0 Å². The molecule has 0 saturated carbocycles. The minimum atomic E-state index is 0.658. The lowest BCUT2D eigenvalue weighted by Gasteiger charge is -2.08. The fourth-order valence-corrected chi connectivity index (χ4v) is 1.92. The van der Waals surface area contributed by atoms with E-state index < -0.39 is 0 Å². The molecule has 2 aromatic rings. The summed E-state index contributed by atoms with van der Waals surface area (Å²) in [7, 11) is 1.83. The van der Waals surface area contributed by atoms with Crippen molar-refractivity contribution in [1.29, 1.82) is 0 Å². The molecule has 2 N–H and O–H groups in total. The average molecular weight is 256 g/mol. The second-order valence-electron chi connectivity index (χ2n) is 4.48. The third-order valence-electron chi connectivity index (χ3n) is 2.87. The van der Waals surface area contributed by atoms with Gasteiger partial charge in [-0.05, 0) is 25.3 Å². The molecular weight excluding hydrogens is 236 g/mol. The van der Waals surface area contributed by atoms with Crippen LogP contribution < -0.4 is 10.6 Å². The highest BCUT2D eigenvalue weighted by molar-refractivity contribution is 5.41. The van der Waals surface area contributed by atoms with Gasteiger partial charge in [-0.3, -0.25) is 0 Å². The molecule has 1 aromatic heterocycles. The second kappa shape index (κ2) is 6.73. The molecule has 2 rings (SSSR count). The zero-order valence-electron chi connectivity index (χ0n) is 11.5. The van der Waals surface area contributed by atoms with Crippen LogP contribution in [-0.2, 0) is 6.42 Å². The molecule has 0 aliphatic carbocycles. The number of rotatable bonds is 6. The number of aromatic nitrogens is 2. The van der Waals surface area contributed by atoms with E-state index in [0.717, 1.165) is 30.9 Å². The Morgan fingerprint density at radius 2 is 1.89 bits per heavy atom. The van der Waals surface area contributed by atoms with Crippen LogP contribution >= 0.6 is 0 Å². The molecule has 4 heteroatoms. The van der Waals surface area contributed by atoms with Crippen LogP contribution in [0.2, 0.25) is 0 Å². The lowest BCUT2D eigenvalue weighted by atomic mass is 10.1. The zero-order chi connectivity index (χ0) is 13.5. The molecule has 0 unspecified atom stereocenters. The number of benzene rings is 1. The number of hydrogen-bond donors (Lipinski definition) is 2. The fraction of sp³-hybridized carbons (Fsp3) is 0.333. The van der Waals surface area contributed by atoms with E-state index in [2.05, 4.69) is 44.9 Å². The average Bonchev–Trinajstić information content (AvgIpc) is 2.44. The van der Waals surface area contributed by atoms with E-state index in [1.807, 2.05) is 26.1 Å². The fourth-order valence-electron chi connectivity index (χ4n) is 1.92. The van der Waals surface area contributed by atoms with Crippen molar-refractivity contribution in [2.24, 2.45) is 0 Å². The normalized spacial score (nSPS) is 10.2. The van der Waals surface area contributed by atoms with Gasteiger partial charge in [-0.25, -0.2) is 4.98 Å². The predicted molar refractivity (Wildman–Crippen MR) is 79.6 cm³/mol. The van der Waals surface area contributed by atoms with E-state index in [1.165, 1.54) is 5.56 Å². The maximum atomic E-state index is 4.36. The van der Waals surface area contributed by atoms with Crippen LogP contribution in [0.4, 0.5) is 11.8 Å². The van der Waals surface area contributed by atoms with Crippen molar-refractivity contribution in [1.82, 2.24) is 9.97 Å². The number of nitrogens with one attached hydrogen (secondary N) is 2. The Hall–Kier alpha value is -2.10. The van der Waals surface area contributed by atoms with Crippen molar-refractivity contribution in [2.75, 3.05) is 24.2 Å². The summed E-state index contributed by atoms with van der Waals surface area (Å²) >= 11 is 0. The first-order chi connectivity index (χ1) is 9.28. The maximum Gasteiger partial charge on any atom is 0.224 e. The molecule has 0 spiro atoms. The summed E-state index contributed by atoms with van der Waals surface area (Å²) in [6.07, 6.45) is 2.17. The highest BCUT2D eigenvalue weighted by Gasteiger charge is 2.00. The molecule has 0 saturated heterocycles. The zero-order valence-corrected chi connectivity index (χ0v) is 11.5. The van der Waals surface area contributed by atoms with Gasteiger partial charge in [0.2, 0.25) is 5.95 Å². The van der Waals surface area contributed by atoms with Crippen LogP contribution in [0.1, 0.15) is 17.7 Å². The molecule has 0 aliphatic heterocycles. The van der Waals surface area contributed by atoms with E-state index >= 15 is 0 Å². The van der Waals surface area contributed by atoms with Gasteiger partial charge in [0.25, 0.3) is 0 Å². The molecule has 0 aliphatic rings. The Kier molecular flexibility index (Phi) is 4.72. The van der Waals surface area contributed by atoms with Crippen molar-refractivity contribution < 1.29 is 0 Å². The maximum absolute atomic E-state index is 4.36. The number of aryl methyl sites for hydroxylation is 2. The Bertz CT molecular complexity index is 511. The van der Waals surface area contributed by atoms with Crippen molar-refractivity contribution in [3.63, 3.8) is 0 Å². The topological polar surface area (TPSA) is 49.8 Å². The summed E-state index contributed by atoms with van der Waals surface area (Å²) in [5, 5.41) is 6.30. The van der Waals surface area contributed by atoms with Crippen LogP contribution in [0.5, 0.6) is 0 Å². The molecule has 0 bridgehead atoms. The standard InChI is InChI=1S/C15H20N4/c1-12-11-14(19-15(16-2)18-12)17-10-6-9-13-7-4-3-5-8-13/h3-5,7-8,11H,6,9-10H2,1-2H3,(H2,16,17,18,19). The van der Waals surface area contributed by atoms with Gasteiger partial charge in [0.15, 0.2) is 0 Å². The molecule has 0 fully saturated rings. The summed E-state index contributed by atoms with van der Waals surface area (Å²) in [6.45, 7) is 2.88. The van der Waals surface area contributed by atoms with E-state index in [4.69, 9.17) is 0 Å². The quantitative estimate of drug-likeness (QED) is 0.780. The lowest BCUT2D eigenvalue weighted by Crippen LogP contribution is -2.07. The van der Waals surface area contributed by atoms with Gasteiger partial charge in [0.1, 0.15) is 5.82 Å². The summed E-state index contributed by atoms with van der Waals surface area (Å²) in [4.78, 5) is 8.63. The first-order valence-corrected chi connectivity index (χ1v) is 6.59. The molecule has 19 heavy (non-hydrogen) atoms. The first kappa shape index (κ1) is 13.3. The predicted octanol–water partition coefficient (Wildman–Crippen LogP) is 2.87. The van der Waals surface area contributed by atoms with Crippen molar-refractivity contribution in [2.45, 2.75) is 19.8 Å². The smallest absolute Gasteiger partial charge is 0.224 e. The summed E-state index contributed by atoms with van der Waals surface area (Å²) in [5.74, 6) is 1.54. The van der Waals surface area contributed by atoms with Gasteiger partial charge in [-0.15, -0.1) is 0 Å². The van der Waals surface area contributed by atoms with Gasteiger partial charge >= 0.3 is 0 Å². The molecule has 100 valence electrons. The van der Waals surface area contributed by atoms with E-state index in [0.29, 0.717) is 5.95 Å². The first-order valence-electron chi connectivity index (χ1n) is 6.59. The highest BCUT2D eigenvalue weighted by atomic mass is 15.1. The van der Waals surface area contributed by atoms with Gasteiger partial charge in [0.05, 0.1) is 0 Å². The summed E-state index contributed by atoms with van der Waals surface area (Å²) in [6, 6.07) is 12.5. The van der Waals surface area contributed by atoms with Crippen LogP contribution in [0.15, 0.2) is 36.4 Å². The van der Waals surface area contributed by atoms with E-state index in [-0.39, 0.29) is 0 Å². The third-order valence-corrected chi connectivity index (χ3v) is 2.87. The molecule has 0 amide bonds. The Morgan fingerprint density at radius 3 is 2.63 bits per heavy atom. The molecule has 4 nitrogen and oxygen atoms in total. The molecule has 0 radical (unpaired) electrons. The van der Waals surface area contributed by atoms with E-state index in [9.17, 15) is 0 Å². The molecule has 0 atom stereocenters. The SMILES string of the molecule is CNc1nc(C)cc(NCCCc2ccccc2)n1. The highest BCUT2D eigenvalue weighted by Crippen LogP contribution is 2.09. The van der Waals surface area contributed by atoms with Crippen molar-refractivity contribution in [3.05, 3.63) is 47.7 Å². The largest absolute Gasteiger partial charge is 0.370 e. The Morgan fingerprint density at radius 1 is 1.11 bits per heavy atom. The van der Waals surface area contributed by atoms with Gasteiger partial charge < -0.3 is 10.6 Å². The van der Waals surface area contributed by atoms with Gasteiger partial charge in [-0.1, -0.05) is 30.3 Å². The van der Waals surface area contributed by atoms with Gasteiger partial charge in [0, 0.05) is 25.4 Å². The van der Waals surface area contributed by atoms with Crippen LogP contribution in [-0.4, -0.2) is 23.6 Å².